The van der Waals surface area contributed by atoms with Gasteiger partial charge in [0, 0.05) is 31.3 Å². The molecular weight excluding hydrogens is 542 g/mol. The largest absolute Gasteiger partial charge is 0.508 e. The first-order valence-electron chi connectivity index (χ1n) is 14.1. The summed E-state index contributed by atoms with van der Waals surface area (Å²) in [6.07, 6.45) is 3.89. The number of ketones is 2. The molecule has 0 spiro atoms. The normalized spacial score (nSPS) is 28.5. The number of nitrogens with two attached hydrogens (primary N) is 1. The monoisotopic (exact) mass is 579 g/mol. The number of anilines is 1. The lowest BCUT2D eigenvalue weighted by Gasteiger charge is -2.50. The first-order chi connectivity index (χ1) is 19.6. The number of aliphatic hydroxyl groups is 4. The van der Waals surface area contributed by atoms with Gasteiger partial charge >= 0.3 is 0 Å². The Morgan fingerprint density at radius 2 is 1.69 bits per heavy atom. The molecule has 4 atom stereocenters. The molecule has 0 aliphatic heterocycles. The molecule has 0 heterocycles. The zero-order valence-electron chi connectivity index (χ0n) is 24.2. The Hall–Kier alpha value is -3.85. The van der Waals surface area contributed by atoms with Crippen molar-refractivity contribution in [3.05, 3.63) is 39.7 Å². The van der Waals surface area contributed by atoms with Gasteiger partial charge in [-0.2, -0.15) is 0 Å². The maximum Gasteiger partial charge on any atom is 0.255 e. The van der Waals surface area contributed by atoms with E-state index in [-0.39, 0.29) is 35.3 Å². The van der Waals surface area contributed by atoms with E-state index in [4.69, 9.17) is 5.73 Å². The molecule has 11 nitrogen and oxygen atoms in total. The van der Waals surface area contributed by atoms with Crippen molar-refractivity contribution >= 4 is 28.9 Å². The van der Waals surface area contributed by atoms with Gasteiger partial charge in [-0.1, -0.05) is 18.3 Å². The quantitative estimate of drug-likeness (QED) is 0.224. The topological polar surface area (TPSA) is 185 Å². The Bertz CT molecular complexity index is 1520. The first-order valence-corrected chi connectivity index (χ1v) is 14.1. The molecule has 224 valence electrons. The third kappa shape index (κ3) is 4.28. The van der Waals surface area contributed by atoms with Gasteiger partial charge in [0.2, 0.25) is 5.78 Å². The van der Waals surface area contributed by atoms with Crippen LogP contribution in [-0.2, 0) is 20.8 Å². The maximum atomic E-state index is 14.1. The third-order valence-corrected chi connectivity index (χ3v) is 9.29. The number of rotatable bonds is 3. The van der Waals surface area contributed by atoms with Gasteiger partial charge in [0.1, 0.15) is 28.4 Å². The fourth-order valence-electron chi connectivity index (χ4n) is 7.23. The lowest BCUT2D eigenvalue weighted by Crippen LogP contribution is -2.65. The number of Topliss-reactive ketones (excluding diaryl/α,β-unsaturated/α-hetero) is 2. The standard InChI is InChI=1S/C31H37N3O8/c1-33(2)19-14-15(8-11-30(41)9-6-5-7-10-30)24(35)21-17(19)12-16-13-18-23(34(3)4)26(37)22(29(32)40)28(39)31(18,42)27(38)20(16)25(21)36/h14,16,18,23,35-36,39,41-42H,5-7,9-10,12-13H2,1-4H3,(H2,32,40)/t16-,18-,23-,31-/m1/s1. The van der Waals surface area contributed by atoms with Crippen LogP contribution in [0.15, 0.2) is 23.0 Å². The van der Waals surface area contributed by atoms with E-state index >= 15 is 0 Å². The van der Waals surface area contributed by atoms with Gasteiger partial charge < -0.3 is 36.2 Å². The predicted molar refractivity (Wildman–Crippen MR) is 153 cm³/mol. The fourth-order valence-corrected chi connectivity index (χ4v) is 7.23. The summed E-state index contributed by atoms with van der Waals surface area (Å²) in [5.41, 5.74) is 1.71. The van der Waals surface area contributed by atoms with Gasteiger partial charge in [-0.15, -0.1) is 0 Å². The second-order valence-corrected chi connectivity index (χ2v) is 12.3. The number of fused-ring (bicyclic) bond motifs is 3. The van der Waals surface area contributed by atoms with Gasteiger partial charge in [0.25, 0.3) is 5.91 Å². The van der Waals surface area contributed by atoms with Crippen molar-refractivity contribution in [3.63, 3.8) is 0 Å². The molecule has 4 aliphatic carbocycles. The molecule has 11 heteroatoms. The minimum Gasteiger partial charge on any atom is -0.508 e. The zero-order valence-corrected chi connectivity index (χ0v) is 24.2. The van der Waals surface area contributed by atoms with Crippen LogP contribution in [0.4, 0.5) is 5.69 Å². The number of hydrogen-bond donors (Lipinski definition) is 6. The van der Waals surface area contributed by atoms with Crippen molar-refractivity contribution in [1.82, 2.24) is 4.90 Å². The number of amides is 1. The summed E-state index contributed by atoms with van der Waals surface area (Å²) in [4.78, 5) is 42.8. The van der Waals surface area contributed by atoms with Crippen LogP contribution in [0.25, 0.3) is 5.76 Å². The molecule has 7 N–H and O–H groups in total. The summed E-state index contributed by atoms with van der Waals surface area (Å²) in [6.45, 7) is 0. The number of aliphatic hydroxyl groups excluding tert-OH is 2. The summed E-state index contributed by atoms with van der Waals surface area (Å²) in [6, 6.07) is 0.528. The fraction of sp³-hybridized carbons (Fsp3) is 0.516. The molecule has 0 saturated heterocycles. The Kier molecular flexibility index (Phi) is 7.16. The average Bonchev–Trinajstić information content (AvgIpc) is 2.90. The number of hydrogen-bond acceptors (Lipinski definition) is 10. The van der Waals surface area contributed by atoms with E-state index in [1.807, 2.05) is 0 Å². The van der Waals surface area contributed by atoms with Crippen molar-refractivity contribution in [2.45, 2.75) is 62.2 Å². The number of aromatic hydroxyl groups is 1. The van der Waals surface area contributed by atoms with E-state index in [9.17, 15) is 39.9 Å². The van der Waals surface area contributed by atoms with Crippen LogP contribution in [0, 0.1) is 23.7 Å². The van der Waals surface area contributed by atoms with Gasteiger partial charge in [-0.05, 0) is 70.2 Å². The minimum absolute atomic E-state index is 0.00792. The van der Waals surface area contributed by atoms with Gasteiger partial charge in [-0.3, -0.25) is 19.3 Å². The molecule has 5 rings (SSSR count). The molecular formula is C31H37N3O8. The number of nitrogens with zero attached hydrogens (tertiary/aromatic N) is 2. The lowest BCUT2D eigenvalue weighted by atomic mass is 9.57. The van der Waals surface area contributed by atoms with Crippen molar-refractivity contribution in [2.75, 3.05) is 33.1 Å². The average molecular weight is 580 g/mol. The number of primary amides is 1. The van der Waals surface area contributed by atoms with Crippen LogP contribution in [0.3, 0.4) is 0 Å². The Morgan fingerprint density at radius 1 is 1.05 bits per heavy atom. The highest BCUT2D eigenvalue weighted by Crippen LogP contribution is 2.54. The van der Waals surface area contributed by atoms with E-state index in [0.29, 0.717) is 24.1 Å². The van der Waals surface area contributed by atoms with Gasteiger partial charge in [0.05, 0.1) is 17.2 Å². The van der Waals surface area contributed by atoms with Gasteiger partial charge in [0.15, 0.2) is 11.4 Å². The Balaban J connectivity index is 1.71. The van der Waals surface area contributed by atoms with Crippen molar-refractivity contribution < 1.29 is 39.9 Å². The molecule has 1 aromatic carbocycles. The highest BCUT2D eigenvalue weighted by molar-refractivity contribution is 6.24. The van der Waals surface area contributed by atoms with Crippen LogP contribution in [0.5, 0.6) is 5.75 Å². The summed E-state index contributed by atoms with van der Waals surface area (Å²) in [7, 11) is 6.69. The third-order valence-electron chi connectivity index (χ3n) is 9.29. The van der Waals surface area contributed by atoms with Crippen molar-refractivity contribution in [3.8, 4) is 17.6 Å². The summed E-state index contributed by atoms with van der Waals surface area (Å²) < 4.78 is 0. The lowest BCUT2D eigenvalue weighted by molar-refractivity contribution is -0.153. The van der Waals surface area contributed by atoms with Crippen molar-refractivity contribution in [1.29, 1.82) is 0 Å². The maximum absolute atomic E-state index is 14.1. The Morgan fingerprint density at radius 3 is 2.26 bits per heavy atom. The smallest absolute Gasteiger partial charge is 0.255 e. The van der Waals surface area contributed by atoms with Crippen LogP contribution in [0.1, 0.15) is 55.2 Å². The second-order valence-electron chi connectivity index (χ2n) is 12.3. The van der Waals surface area contributed by atoms with E-state index in [1.165, 1.54) is 4.90 Å². The number of carbonyl (C=O) groups is 3. The van der Waals surface area contributed by atoms with Crippen molar-refractivity contribution in [2.24, 2.45) is 17.6 Å². The van der Waals surface area contributed by atoms with Crippen LogP contribution in [-0.4, -0.2) is 93.3 Å². The molecule has 0 bridgehead atoms. The van der Waals surface area contributed by atoms with E-state index < -0.39 is 63.6 Å². The molecule has 2 fully saturated rings. The highest BCUT2D eigenvalue weighted by atomic mass is 16.3. The molecule has 0 radical (unpaired) electrons. The highest BCUT2D eigenvalue weighted by Gasteiger charge is 2.64. The number of phenols is 1. The van der Waals surface area contributed by atoms with Crippen LogP contribution in [0.2, 0.25) is 0 Å². The summed E-state index contributed by atoms with van der Waals surface area (Å²) >= 11 is 0. The SMILES string of the molecule is CN(C)c1cc(C#CC2(O)CCCCC2)c(O)c2c1C[C@@H]1C[C@@H]3[C@@H](N(C)C)C(=O)C(C(N)=O)=C(O)[C@]3(O)C(=O)C1=C2O. The van der Waals surface area contributed by atoms with Gasteiger partial charge in [-0.25, -0.2) is 0 Å². The zero-order chi connectivity index (χ0) is 30.9. The molecule has 1 aromatic rings. The molecule has 0 aromatic heterocycles. The van der Waals surface area contributed by atoms with Crippen LogP contribution >= 0.6 is 0 Å². The van der Waals surface area contributed by atoms with Crippen LogP contribution < -0.4 is 10.6 Å². The first kappa shape index (κ1) is 29.6. The molecule has 0 unspecified atom stereocenters. The minimum atomic E-state index is -2.70. The molecule has 2 saturated carbocycles. The van der Waals surface area contributed by atoms with E-state index in [1.54, 1.807) is 39.2 Å². The molecule has 42 heavy (non-hydrogen) atoms. The molecule has 1 amide bonds. The summed E-state index contributed by atoms with van der Waals surface area (Å²) in [5.74, 6) is -1.27. The number of benzene rings is 1. The Labute approximate surface area is 243 Å². The number of likely N-dealkylation sites (N-methyl/N-ethyl adjacent to an activating group) is 1. The second kappa shape index (κ2) is 10.2. The predicted octanol–water partition coefficient (Wildman–Crippen LogP) is 1.08. The summed E-state index contributed by atoms with van der Waals surface area (Å²) in [5, 5.41) is 56.7. The molecule has 4 aliphatic rings. The van der Waals surface area contributed by atoms with E-state index in [0.717, 1.165) is 19.3 Å². The number of phenolic OH excluding ortho intramolecular Hbond substituents is 1. The number of carbonyl (C=O) groups excluding carboxylic acids is 3. The van der Waals surface area contributed by atoms with E-state index in [2.05, 4.69) is 11.8 Å².